The van der Waals surface area contributed by atoms with Crippen LogP contribution in [-0.2, 0) is 0 Å². The zero-order valence-electron chi connectivity index (χ0n) is 10.1. The van der Waals surface area contributed by atoms with Crippen LogP contribution in [0.15, 0.2) is 61.7 Å². The van der Waals surface area contributed by atoms with E-state index in [0.29, 0.717) is 5.39 Å². The quantitative estimate of drug-likeness (QED) is 0.525. The predicted octanol–water partition coefficient (Wildman–Crippen LogP) is 3.92. The van der Waals surface area contributed by atoms with Crippen LogP contribution in [0, 0.1) is 0 Å². The van der Waals surface area contributed by atoms with Crippen LogP contribution in [-0.4, -0.2) is 9.67 Å². The van der Waals surface area contributed by atoms with Gasteiger partial charge >= 0.3 is 0 Å². The fraction of sp³-hybridized carbons (Fsp3) is 0. The van der Waals surface area contributed by atoms with Crippen molar-refractivity contribution in [1.82, 2.24) is 4.57 Å². The number of halogens is 1. The third-order valence-corrected chi connectivity index (χ3v) is 4.93. The summed E-state index contributed by atoms with van der Waals surface area (Å²) in [4.78, 5) is 14.0. The van der Waals surface area contributed by atoms with Crippen molar-refractivity contribution < 1.29 is 5.11 Å². The van der Waals surface area contributed by atoms with Crippen molar-refractivity contribution in [3.05, 3.63) is 57.3 Å². The van der Waals surface area contributed by atoms with E-state index in [1.54, 1.807) is 24.0 Å². The van der Waals surface area contributed by atoms with Crippen molar-refractivity contribution in [2.24, 2.45) is 0 Å². The molecule has 0 radical (unpaired) electrons. The van der Waals surface area contributed by atoms with Crippen LogP contribution in [0.25, 0.3) is 16.6 Å². The third-order valence-electron chi connectivity index (χ3n) is 3.34. The van der Waals surface area contributed by atoms with Crippen molar-refractivity contribution in [3.8, 4) is 11.4 Å². The SMILES string of the molecule is O=c1ccn2c3c(cc(O)cc13)Sc1ccc(Br)cc1-2. The first kappa shape index (κ1) is 12.1. The van der Waals surface area contributed by atoms with Gasteiger partial charge < -0.3 is 9.67 Å². The number of benzene rings is 2. The molecule has 20 heavy (non-hydrogen) atoms. The van der Waals surface area contributed by atoms with Crippen LogP contribution >= 0.6 is 27.7 Å². The Morgan fingerprint density at radius 3 is 2.80 bits per heavy atom. The molecule has 0 fully saturated rings. The highest BCUT2D eigenvalue weighted by atomic mass is 79.9. The summed E-state index contributed by atoms with van der Waals surface area (Å²) in [6, 6.07) is 10.8. The molecular weight excluding hydrogens is 338 g/mol. The Labute approximate surface area is 127 Å². The Bertz CT molecular complexity index is 933. The van der Waals surface area contributed by atoms with E-state index in [-0.39, 0.29) is 11.2 Å². The molecule has 0 spiro atoms. The topological polar surface area (TPSA) is 42.2 Å². The molecule has 0 bridgehead atoms. The van der Waals surface area contributed by atoms with E-state index < -0.39 is 0 Å². The van der Waals surface area contributed by atoms with Gasteiger partial charge in [0, 0.05) is 26.5 Å². The maximum Gasteiger partial charge on any atom is 0.189 e. The fourth-order valence-corrected chi connectivity index (χ4v) is 3.97. The summed E-state index contributed by atoms with van der Waals surface area (Å²) in [5.74, 6) is 0.121. The zero-order chi connectivity index (χ0) is 13.9. The lowest BCUT2D eigenvalue weighted by Gasteiger charge is -2.22. The molecule has 5 heteroatoms. The van der Waals surface area contributed by atoms with Crippen LogP contribution in [0.2, 0.25) is 0 Å². The van der Waals surface area contributed by atoms with E-state index in [9.17, 15) is 9.90 Å². The van der Waals surface area contributed by atoms with E-state index in [1.807, 2.05) is 22.8 Å². The molecule has 0 saturated carbocycles. The second-order valence-corrected chi connectivity index (χ2v) is 6.60. The van der Waals surface area contributed by atoms with Crippen molar-refractivity contribution in [2.75, 3.05) is 0 Å². The summed E-state index contributed by atoms with van der Waals surface area (Å²) >= 11 is 5.05. The van der Waals surface area contributed by atoms with Crippen molar-refractivity contribution in [1.29, 1.82) is 0 Å². The first-order valence-corrected chi connectivity index (χ1v) is 7.60. The molecule has 98 valence electrons. The van der Waals surface area contributed by atoms with E-state index >= 15 is 0 Å². The molecule has 3 aromatic rings. The van der Waals surface area contributed by atoms with Crippen LogP contribution in [0.4, 0.5) is 0 Å². The highest BCUT2D eigenvalue weighted by molar-refractivity contribution is 9.10. The molecule has 2 aromatic carbocycles. The largest absolute Gasteiger partial charge is 0.508 e. The monoisotopic (exact) mass is 345 g/mol. The van der Waals surface area contributed by atoms with Gasteiger partial charge in [0.05, 0.1) is 16.6 Å². The van der Waals surface area contributed by atoms with Gasteiger partial charge in [-0.3, -0.25) is 4.79 Å². The molecule has 1 aromatic heterocycles. The lowest BCUT2D eigenvalue weighted by molar-refractivity contribution is 0.474. The number of phenolic OH excluding ortho intramolecular Hbond substituents is 1. The number of nitrogens with zero attached hydrogens (tertiary/aromatic N) is 1. The minimum absolute atomic E-state index is 0.0764. The highest BCUT2D eigenvalue weighted by Crippen LogP contribution is 2.43. The second kappa shape index (κ2) is 4.14. The lowest BCUT2D eigenvalue weighted by atomic mass is 10.1. The van der Waals surface area contributed by atoms with E-state index in [4.69, 9.17) is 0 Å². The molecule has 3 nitrogen and oxygen atoms in total. The van der Waals surface area contributed by atoms with Crippen molar-refractivity contribution >= 4 is 38.6 Å². The number of pyridine rings is 1. The average Bonchev–Trinajstić information content (AvgIpc) is 2.42. The van der Waals surface area contributed by atoms with Gasteiger partial charge in [-0.2, -0.15) is 0 Å². The summed E-state index contributed by atoms with van der Waals surface area (Å²) in [6.07, 6.45) is 1.79. The second-order valence-electron chi connectivity index (χ2n) is 4.60. The smallest absolute Gasteiger partial charge is 0.189 e. The molecule has 4 rings (SSSR count). The fourth-order valence-electron chi connectivity index (χ4n) is 2.50. The number of aromatic hydroxyl groups is 1. The standard InChI is InChI=1S/C15H8BrNO2S/c16-8-1-2-13-11(5-8)17-4-3-12(19)10-6-9(18)7-14(20-13)15(10)17/h1-7,18H. The Kier molecular flexibility index (Phi) is 2.49. The highest BCUT2D eigenvalue weighted by Gasteiger charge is 2.20. The first-order valence-electron chi connectivity index (χ1n) is 6.00. The van der Waals surface area contributed by atoms with Gasteiger partial charge in [-0.25, -0.2) is 0 Å². The van der Waals surface area contributed by atoms with Gasteiger partial charge in [0.15, 0.2) is 5.43 Å². The van der Waals surface area contributed by atoms with Crippen molar-refractivity contribution in [2.45, 2.75) is 9.79 Å². The lowest BCUT2D eigenvalue weighted by Crippen LogP contribution is -2.10. The summed E-state index contributed by atoms with van der Waals surface area (Å²) < 4.78 is 2.99. The van der Waals surface area contributed by atoms with E-state index in [0.717, 1.165) is 25.5 Å². The number of hydrogen-bond acceptors (Lipinski definition) is 3. The minimum Gasteiger partial charge on any atom is -0.508 e. The van der Waals surface area contributed by atoms with Crippen LogP contribution in [0.1, 0.15) is 0 Å². The number of rotatable bonds is 0. The van der Waals surface area contributed by atoms with Gasteiger partial charge in [0.1, 0.15) is 5.75 Å². The molecule has 1 aliphatic heterocycles. The molecule has 0 amide bonds. The summed E-state index contributed by atoms with van der Waals surface area (Å²) in [7, 11) is 0. The normalized spacial score (nSPS) is 12.4. The molecule has 0 atom stereocenters. The number of aromatic nitrogens is 1. The van der Waals surface area contributed by atoms with Crippen LogP contribution < -0.4 is 5.43 Å². The molecule has 1 N–H and O–H groups in total. The first-order chi connectivity index (χ1) is 9.63. The molecule has 0 saturated heterocycles. The summed E-state index contributed by atoms with van der Waals surface area (Å²) in [6.45, 7) is 0. The zero-order valence-corrected chi connectivity index (χ0v) is 12.5. The van der Waals surface area contributed by atoms with Gasteiger partial charge in [-0.1, -0.05) is 27.7 Å². The van der Waals surface area contributed by atoms with E-state index in [1.165, 1.54) is 12.1 Å². The summed E-state index contributed by atoms with van der Waals surface area (Å²) in [5, 5.41) is 10.3. The van der Waals surface area contributed by atoms with E-state index in [2.05, 4.69) is 15.9 Å². The van der Waals surface area contributed by atoms with Crippen LogP contribution in [0.3, 0.4) is 0 Å². The Hall–Kier alpha value is -1.72. The molecule has 2 heterocycles. The predicted molar refractivity (Wildman–Crippen MR) is 83.0 cm³/mol. The number of fused-ring (bicyclic) bond motifs is 2. The number of phenols is 1. The average molecular weight is 346 g/mol. The molecule has 1 aliphatic rings. The molecule has 0 aliphatic carbocycles. The molecule has 0 unspecified atom stereocenters. The number of hydrogen-bond donors (Lipinski definition) is 1. The Balaban J connectivity index is 2.22. The summed E-state index contributed by atoms with van der Waals surface area (Å²) in [5.41, 5.74) is 1.81. The molecular formula is C15H8BrNO2S. The van der Waals surface area contributed by atoms with Crippen LogP contribution in [0.5, 0.6) is 5.75 Å². The Morgan fingerprint density at radius 2 is 1.95 bits per heavy atom. The third kappa shape index (κ3) is 1.63. The van der Waals surface area contributed by atoms with Gasteiger partial charge in [0.2, 0.25) is 0 Å². The van der Waals surface area contributed by atoms with Gasteiger partial charge in [-0.15, -0.1) is 0 Å². The minimum atomic E-state index is -0.0764. The van der Waals surface area contributed by atoms with Crippen molar-refractivity contribution in [3.63, 3.8) is 0 Å². The Morgan fingerprint density at radius 1 is 1.10 bits per heavy atom. The maximum atomic E-state index is 12.0. The van der Waals surface area contributed by atoms with Gasteiger partial charge in [0.25, 0.3) is 0 Å². The maximum absolute atomic E-state index is 12.0. The van der Waals surface area contributed by atoms with Gasteiger partial charge in [-0.05, 0) is 30.3 Å².